The van der Waals surface area contributed by atoms with E-state index in [4.69, 9.17) is 0 Å². The zero-order valence-corrected chi connectivity index (χ0v) is 9.45. The molecule has 1 unspecified atom stereocenters. The molecule has 1 aromatic heterocycles. The summed E-state index contributed by atoms with van der Waals surface area (Å²) in [5, 5.41) is 10.1. The summed E-state index contributed by atoms with van der Waals surface area (Å²) < 4.78 is 0. The average Bonchev–Trinajstić information content (AvgIpc) is 3.24. The molecule has 17 heavy (non-hydrogen) atoms. The number of aliphatic hydroxyl groups is 1. The van der Waals surface area contributed by atoms with Crippen molar-refractivity contribution in [3.8, 4) is 0 Å². The number of aliphatic hydroxyl groups excluding tert-OH is 1. The largest absolute Gasteiger partial charge is 0.382 e. The number of hydrogen-bond acceptors (Lipinski definition) is 3. The summed E-state index contributed by atoms with van der Waals surface area (Å²) in [6.07, 6.45) is 6.71. The Labute approximate surface area is 100 Å². The van der Waals surface area contributed by atoms with Crippen LogP contribution < -0.4 is 0 Å². The molecule has 1 aliphatic rings. The number of nitrogens with zero attached hydrogens (tertiary/aromatic N) is 2. The summed E-state index contributed by atoms with van der Waals surface area (Å²) in [5.74, 6) is 0.748. The maximum atomic E-state index is 10.1. The molecule has 1 atom stereocenters. The molecular formula is C14H14N2O. The third-order valence-electron chi connectivity index (χ3n) is 3.16. The number of rotatable bonds is 3. The third kappa shape index (κ3) is 2.19. The Balaban J connectivity index is 1.83. The SMILES string of the molecule is OC(c1ccc(C2CC2)cc1)c1cnccn1. The van der Waals surface area contributed by atoms with Crippen LogP contribution in [0.1, 0.15) is 41.7 Å². The molecule has 0 bridgehead atoms. The second-order valence-electron chi connectivity index (χ2n) is 4.47. The van der Waals surface area contributed by atoms with Gasteiger partial charge in [0.15, 0.2) is 0 Å². The quantitative estimate of drug-likeness (QED) is 0.874. The predicted octanol–water partition coefficient (Wildman–Crippen LogP) is 2.44. The van der Waals surface area contributed by atoms with Gasteiger partial charge in [-0.3, -0.25) is 9.97 Å². The molecule has 3 heteroatoms. The minimum atomic E-state index is -0.683. The molecule has 1 fully saturated rings. The standard InChI is InChI=1S/C14H14N2O/c17-14(13-9-15-7-8-16-13)12-5-3-11(4-6-12)10-1-2-10/h3-10,14,17H,1-2H2. The van der Waals surface area contributed by atoms with E-state index in [2.05, 4.69) is 22.1 Å². The van der Waals surface area contributed by atoms with Gasteiger partial charge in [-0.25, -0.2) is 0 Å². The minimum Gasteiger partial charge on any atom is -0.382 e. The van der Waals surface area contributed by atoms with E-state index in [1.807, 2.05) is 12.1 Å². The van der Waals surface area contributed by atoms with Crippen LogP contribution in [-0.2, 0) is 0 Å². The van der Waals surface area contributed by atoms with E-state index in [0.717, 1.165) is 11.5 Å². The Hall–Kier alpha value is -1.74. The second kappa shape index (κ2) is 4.26. The first kappa shape index (κ1) is 10.4. The molecule has 0 spiro atoms. The van der Waals surface area contributed by atoms with E-state index in [0.29, 0.717) is 5.69 Å². The lowest BCUT2D eigenvalue weighted by Crippen LogP contribution is -2.02. The van der Waals surface area contributed by atoms with Crippen molar-refractivity contribution in [3.63, 3.8) is 0 Å². The van der Waals surface area contributed by atoms with Gasteiger partial charge in [-0.05, 0) is 29.9 Å². The van der Waals surface area contributed by atoms with Crippen LogP contribution >= 0.6 is 0 Å². The summed E-state index contributed by atoms with van der Waals surface area (Å²) >= 11 is 0. The van der Waals surface area contributed by atoms with Crippen molar-refractivity contribution >= 4 is 0 Å². The summed E-state index contributed by atoms with van der Waals surface area (Å²) in [6.45, 7) is 0. The molecule has 1 heterocycles. The number of benzene rings is 1. The first-order chi connectivity index (χ1) is 8.34. The fourth-order valence-electron chi connectivity index (χ4n) is 1.99. The first-order valence-corrected chi connectivity index (χ1v) is 5.88. The molecule has 3 nitrogen and oxygen atoms in total. The Morgan fingerprint density at radius 2 is 1.88 bits per heavy atom. The highest BCUT2D eigenvalue weighted by molar-refractivity contribution is 5.31. The van der Waals surface area contributed by atoms with Crippen molar-refractivity contribution < 1.29 is 5.11 Å². The third-order valence-corrected chi connectivity index (χ3v) is 3.16. The van der Waals surface area contributed by atoms with Crippen molar-refractivity contribution in [3.05, 3.63) is 59.7 Å². The first-order valence-electron chi connectivity index (χ1n) is 5.88. The van der Waals surface area contributed by atoms with Crippen molar-refractivity contribution in [2.45, 2.75) is 24.9 Å². The van der Waals surface area contributed by atoms with Crippen LogP contribution in [0.2, 0.25) is 0 Å². The molecule has 0 amide bonds. The van der Waals surface area contributed by atoms with Crippen molar-refractivity contribution in [1.82, 2.24) is 9.97 Å². The normalized spacial score (nSPS) is 16.8. The summed E-state index contributed by atoms with van der Waals surface area (Å²) in [6, 6.07) is 8.17. The van der Waals surface area contributed by atoms with E-state index in [1.54, 1.807) is 18.6 Å². The Kier molecular flexibility index (Phi) is 2.61. The topological polar surface area (TPSA) is 46.0 Å². The van der Waals surface area contributed by atoms with Gasteiger partial charge in [-0.2, -0.15) is 0 Å². The van der Waals surface area contributed by atoms with Crippen molar-refractivity contribution in [1.29, 1.82) is 0 Å². The van der Waals surface area contributed by atoms with Crippen LogP contribution in [0.4, 0.5) is 0 Å². The zero-order chi connectivity index (χ0) is 11.7. The van der Waals surface area contributed by atoms with Gasteiger partial charge >= 0.3 is 0 Å². The van der Waals surface area contributed by atoms with Gasteiger partial charge in [0.25, 0.3) is 0 Å². The Bertz CT molecular complexity index is 491. The maximum Gasteiger partial charge on any atom is 0.123 e. The molecule has 86 valence electrons. The van der Waals surface area contributed by atoms with Crippen LogP contribution in [0, 0.1) is 0 Å². The van der Waals surface area contributed by atoms with Gasteiger partial charge in [0.05, 0.1) is 11.9 Å². The smallest absolute Gasteiger partial charge is 0.123 e. The summed E-state index contributed by atoms with van der Waals surface area (Å²) in [7, 11) is 0. The number of aromatic nitrogens is 2. The highest BCUT2D eigenvalue weighted by atomic mass is 16.3. The Morgan fingerprint density at radius 3 is 2.47 bits per heavy atom. The highest BCUT2D eigenvalue weighted by Crippen LogP contribution is 2.40. The highest BCUT2D eigenvalue weighted by Gasteiger charge is 2.23. The lowest BCUT2D eigenvalue weighted by Gasteiger charge is -2.10. The van der Waals surface area contributed by atoms with Crippen molar-refractivity contribution in [2.75, 3.05) is 0 Å². The van der Waals surface area contributed by atoms with E-state index < -0.39 is 6.10 Å². The molecule has 1 N–H and O–H groups in total. The lowest BCUT2D eigenvalue weighted by molar-refractivity contribution is 0.215. The van der Waals surface area contributed by atoms with E-state index in [1.165, 1.54) is 18.4 Å². The molecule has 1 aliphatic carbocycles. The Morgan fingerprint density at radius 1 is 1.12 bits per heavy atom. The van der Waals surface area contributed by atoms with Crippen LogP contribution in [0.25, 0.3) is 0 Å². The van der Waals surface area contributed by atoms with Gasteiger partial charge < -0.3 is 5.11 Å². The molecule has 0 aliphatic heterocycles. The summed E-state index contributed by atoms with van der Waals surface area (Å²) in [4.78, 5) is 8.08. The van der Waals surface area contributed by atoms with Gasteiger partial charge in [-0.1, -0.05) is 24.3 Å². The zero-order valence-electron chi connectivity index (χ0n) is 9.45. The van der Waals surface area contributed by atoms with Gasteiger partial charge in [0.2, 0.25) is 0 Å². The molecule has 0 radical (unpaired) electrons. The van der Waals surface area contributed by atoms with Crippen molar-refractivity contribution in [2.24, 2.45) is 0 Å². The fraction of sp³-hybridized carbons (Fsp3) is 0.286. The lowest BCUT2D eigenvalue weighted by atomic mass is 10.0. The predicted molar refractivity (Wildman–Crippen MR) is 64.5 cm³/mol. The van der Waals surface area contributed by atoms with E-state index >= 15 is 0 Å². The average molecular weight is 226 g/mol. The monoisotopic (exact) mass is 226 g/mol. The van der Waals surface area contributed by atoms with Gasteiger partial charge in [0, 0.05) is 12.4 Å². The molecule has 2 aromatic rings. The fourth-order valence-corrected chi connectivity index (χ4v) is 1.99. The maximum absolute atomic E-state index is 10.1. The number of hydrogen-bond donors (Lipinski definition) is 1. The van der Waals surface area contributed by atoms with Crippen LogP contribution in [0.15, 0.2) is 42.9 Å². The van der Waals surface area contributed by atoms with E-state index in [-0.39, 0.29) is 0 Å². The van der Waals surface area contributed by atoms with Gasteiger partial charge in [-0.15, -0.1) is 0 Å². The van der Waals surface area contributed by atoms with Gasteiger partial charge in [0.1, 0.15) is 6.10 Å². The molecule has 1 aromatic carbocycles. The van der Waals surface area contributed by atoms with Crippen LogP contribution in [-0.4, -0.2) is 15.1 Å². The van der Waals surface area contributed by atoms with Crippen LogP contribution in [0.3, 0.4) is 0 Å². The van der Waals surface area contributed by atoms with Crippen LogP contribution in [0.5, 0.6) is 0 Å². The minimum absolute atomic E-state index is 0.590. The molecule has 3 rings (SSSR count). The summed E-state index contributed by atoms with van der Waals surface area (Å²) in [5.41, 5.74) is 2.83. The van der Waals surface area contributed by atoms with E-state index in [9.17, 15) is 5.11 Å². The second-order valence-corrected chi connectivity index (χ2v) is 4.47. The molecule has 1 saturated carbocycles. The molecule has 0 saturated heterocycles. The molecular weight excluding hydrogens is 212 g/mol.